The highest BCUT2D eigenvalue weighted by molar-refractivity contribution is 7.15. The van der Waals surface area contributed by atoms with Crippen LogP contribution in [0.3, 0.4) is 0 Å². The van der Waals surface area contributed by atoms with E-state index in [2.05, 4.69) is 15.2 Å². The van der Waals surface area contributed by atoms with Crippen molar-refractivity contribution in [2.75, 3.05) is 13.1 Å². The Morgan fingerprint density at radius 2 is 2.38 bits per heavy atom. The molecule has 1 aromatic heterocycles. The number of thiazole rings is 1. The Hall–Kier alpha value is -0.850. The van der Waals surface area contributed by atoms with E-state index < -0.39 is 5.60 Å². The maximum atomic E-state index is 11.8. The summed E-state index contributed by atoms with van der Waals surface area (Å²) in [5.74, 6) is 0. The van der Waals surface area contributed by atoms with Gasteiger partial charge < -0.3 is 10.1 Å². The molecule has 1 atom stereocenters. The molecular formula is C14H22ClN3O2S. The zero-order chi connectivity index (χ0) is 15.5. The molecule has 1 aliphatic rings. The number of rotatable bonds is 3. The number of piperidine rings is 1. The van der Waals surface area contributed by atoms with Gasteiger partial charge in [0.1, 0.15) is 5.60 Å². The highest BCUT2D eigenvalue weighted by atomic mass is 35.5. The lowest BCUT2D eigenvalue weighted by molar-refractivity contribution is 0.0470. The van der Waals surface area contributed by atoms with Crippen molar-refractivity contribution in [1.29, 1.82) is 0 Å². The Kier molecular flexibility index (Phi) is 5.46. The van der Waals surface area contributed by atoms with Gasteiger partial charge in [-0.15, -0.1) is 11.3 Å². The van der Waals surface area contributed by atoms with Crippen LogP contribution in [0, 0.1) is 0 Å². The zero-order valence-corrected chi connectivity index (χ0v) is 14.3. The summed E-state index contributed by atoms with van der Waals surface area (Å²) in [7, 11) is 0. The minimum Gasteiger partial charge on any atom is -0.444 e. The Morgan fingerprint density at radius 1 is 1.62 bits per heavy atom. The van der Waals surface area contributed by atoms with Crippen molar-refractivity contribution in [3.05, 3.63) is 15.5 Å². The first-order valence-corrected chi connectivity index (χ1v) is 8.33. The lowest BCUT2D eigenvalue weighted by Gasteiger charge is -2.33. The lowest BCUT2D eigenvalue weighted by atomic mass is 10.1. The van der Waals surface area contributed by atoms with Crippen LogP contribution in [0.15, 0.2) is 6.20 Å². The van der Waals surface area contributed by atoms with E-state index in [-0.39, 0.29) is 12.1 Å². The first-order valence-electron chi connectivity index (χ1n) is 7.14. The molecule has 1 saturated heterocycles. The summed E-state index contributed by atoms with van der Waals surface area (Å²) in [6.45, 7) is 8.29. The number of nitrogens with zero attached hydrogens (tertiary/aromatic N) is 2. The number of carbonyl (C=O) groups excluding carboxylic acids is 1. The van der Waals surface area contributed by atoms with Gasteiger partial charge in [-0.2, -0.15) is 0 Å². The number of ether oxygens (including phenoxy) is 1. The maximum absolute atomic E-state index is 11.8. The Bertz CT molecular complexity index is 487. The molecule has 21 heavy (non-hydrogen) atoms. The molecule has 1 unspecified atom stereocenters. The fourth-order valence-electron chi connectivity index (χ4n) is 2.37. The van der Waals surface area contributed by atoms with Crippen molar-refractivity contribution in [1.82, 2.24) is 15.2 Å². The molecule has 1 N–H and O–H groups in total. The fourth-order valence-corrected chi connectivity index (χ4v) is 3.39. The second-order valence-corrected chi connectivity index (χ2v) is 8.00. The minimum atomic E-state index is -0.460. The topological polar surface area (TPSA) is 54.5 Å². The van der Waals surface area contributed by atoms with Crippen molar-refractivity contribution in [3.63, 3.8) is 0 Å². The normalized spacial score (nSPS) is 20.3. The molecule has 1 fully saturated rings. The molecule has 7 heteroatoms. The molecule has 5 nitrogen and oxygen atoms in total. The molecule has 2 heterocycles. The fraction of sp³-hybridized carbons (Fsp3) is 0.714. The predicted molar refractivity (Wildman–Crippen MR) is 84.8 cm³/mol. The van der Waals surface area contributed by atoms with Crippen LogP contribution < -0.4 is 5.32 Å². The van der Waals surface area contributed by atoms with Crippen LogP contribution in [0.5, 0.6) is 0 Å². The number of halogens is 1. The smallest absolute Gasteiger partial charge is 0.407 e. The van der Waals surface area contributed by atoms with E-state index in [0.717, 1.165) is 37.4 Å². The van der Waals surface area contributed by atoms with Gasteiger partial charge in [0.05, 0.1) is 0 Å². The van der Waals surface area contributed by atoms with Crippen molar-refractivity contribution in [2.24, 2.45) is 0 Å². The van der Waals surface area contributed by atoms with Crippen molar-refractivity contribution in [2.45, 2.75) is 51.8 Å². The summed E-state index contributed by atoms with van der Waals surface area (Å²) in [5.41, 5.74) is -0.460. The third-order valence-corrected chi connectivity index (χ3v) is 4.23. The van der Waals surface area contributed by atoms with E-state index in [1.54, 1.807) is 0 Å². The van der Waals surface area contributed by atoms with Crippen LogP contribution in [-0.4, -0.2) is 40.7 Å². The number of hydrogen-bond acceptors (Lipinski definition) is 5. The molecule has 1 aliphatic heterocycles. The number of aromatic nitrogens is 1. The van der Waals surface area contributed by atoms with E-state index in [0.29, 0.717) is 4.47 Å². The van der Waals surface area contributed by atoms with E-state index in [9.17, 15) is 4.79 Å². The summed E-state index contributed by atoms with van der Waals surface area (Å²) < 4.78 is 5.88. The highest BCUT2D eigenvalue weighted by Crippen LogP contribution is 2.21. The van der Waals surface area contributed by atoms with E-state index in [4.69, 9.17) is 16.3 Å². The van der Waals surface area contributed by atoms with Gasteiger partial charge in [-0.1, -0.05) is 11.6 Å². The molecule has 1 aromatic rings. The summed E-state index contributed by atoms with van der Waals surface area (Å²) in [4.78, 5) is 19.3. The van der Waals surface area contributed by atoms with Crippen molar-refractivity contribution in [3.8, 4) is 0 Å². The Labute approximate surface area is 134 Å². The van der Waals surface area contributed by atoms with Crippen molar-refractivity contribution >= 4 is 29.0 Å². The number of hydrogen-bond donors (Lipinski definition) is 1. The van der Waals surface area contributed by atoms with Gasteiger partial charge in [0, 0.05) is 30.2 Å². The van der Waals surface area contributed by atoms with Crippen LogP contribution >= 0.6 is 22.9 Å². The molecule has 0 aromatic carbocycles. The van der Waals surface area contributed by atoms with Gasteiger partial charge in [0.2, 0.25) is 0 Å². The van der Waals surface area contributed by atoms with Crippen molar-refractivity contribution < 1.29 is 9.53 Å². The molecule has 2 rings (SSSR count). The number of likely N-dealkylation sites (tertiary alicyclic amines) is 1. The van der Waals surface area contributed by atoms with E-state index >= 15 is 0 Å². The van der Waals surface area contributed by atoms with Gasteiger partial charge in [0.25, 0.3) is 0 Å². The van der Waals surface area contributed by atoms with Crippen LogP contribution in [0.25, 0.3) is 0 Å². The second-order valence-electron chi connectivity index (χ2n) is 6.30. The Morgan fingerprint density at radius 3 is 3.00 bits per heavy atom. The number of alkyl carbamates (subject to hydrolysis) is 1. The largest absolute Gasteiger partial charge is 0.444 e. The first kappa shape index (κ1) is 16.5. The van der Waals surface area contributed by atoms with Crippen LogP contribution in [-0.2, 0) is 11.3 Å². The predicted octanol–water partition coefficient (Wildman–Crippen LogP) is 3.29. The molecular weight excluding hydrogens is 310 g/mol. The number of carbonyl (C=O) groups is 1. The minimum absolute atomic E-state index is 0.136. The number of amides is 1. The third kappa shape index (κ3) is 5.80. The summed E-state index contributed by atoms with van der Waals surface area (Å²) in [6, 6.07) is 0.136. The van der Waals surface area contributed by atoms with Gasteiger partial charge >= 0.3 is 6.09 Å². The van der Waals surface area contributed by atoms with E-state index in [1.807, 2.05) is 27.0 Å². The van der Waals surface area contributed by atoms with Gasteiger partial charge in [-0.05, 0) is 40.2 Å². The third-order valence-electron chi connectivity index (χ3n) is 3.13. The molecule has 1 amide bonds. The molecule has 0 radical (unpaired) electrons. The average Bonchev–Trinajstić information content (AvgIpc) is 2.72. The summed E-state index contributed by atoms with van der Waals surface area (Å²) in [6.07, 6.45) is 3.53. The number of nitrogens with one attached hydrogen (secondary N) is 1. The lowest BCUT2D eigenvalue weighted by Crippen LogP contribution is -2.48. The van der Waals surface area contributed by atoms with E-state index in [1.165, 1.54) is 11.3 Å². The van der Waals surface area contributed by atoms with Crippen LogP contribution in [0.2, 0.25) is 4.47 Å². The highest BCUT2D eigenvalue weighted by Gasteiger charge is 2.24. The maximum Gasteiger partial charge on any atom is 0.407 e. The average molecular weight is 332 g/mol. The Balaban J connectivity index is 1.82. The summed E-state index contributed by atoms with van der Waals surface area (Å²) >= 11 is 7.36. The van der Waals surface area contributed by atoms with Crippen LogP contribution in [0.1, 0.15) is 38.5 Å². The van der Waals surface area contributed by atoms with Crippen LogP contribution in [0.4, 0.5) is 4.79 Å². The monoisotopic (exact) mass is 331 g/mol. The molecule has 0 aliphatic carbocycles. The first-order chi connectivity index (χ1) is 9.82. The quantitative estimate of drug-likeness (QED) is 0.923. The second kappa shape index (κ2) is 6.94. The zero-order valence-electron chi connectivity index (χ0n) is 12.7. The molecule has 0 saturated carbocycles. The van der Waals surface area contributed by atoms with Gasteiger partial charge in [-0.3, -0.25) is 4.90 Å². The standard InChI is InChI=1S/C14H22ClN3O2S/c1-14(2,3)20-13(19)17-10-5-4-6-18(8-10)9-11-7-16-12(15)21-11/h7,10H,4-6,8-9H2,1-3H3,(H,17,19). The van der Waals surface area contributed by atoms with Gasteiger partial charge in [0.15, 0.2) is 4.47 Å². The molecule has 0 spiro atoms. The molecule has 118 valence electrons. The SMILES string of the molecule is CC(C)(C)OC(=O)NC1CCCN(Cc2cnc(Cl)s2)C1. The van der Waals surface area contributed by atoms with Gasteiger partial charge in [-0.25, -0.2) is 9.78 Å². The summed E-state index contributed by atoms with van der Waals surface area (Å²) in [5, 5.41) is 2.96. The molecule has 0 bridgehead atoms.